The fourth-order valence-corrected chi connectivity index (χ4v) is 2.76. The van der Waals surface area contributed by atoms with Crippen LogP contribution < -0.4 is 10.9 Å². The average Bonchev–Trinajstić information content (AvgIpc) is 2.40. The van der Waals surface area contributed by atoms with Crippen molar-refractivity contribution in [2.75, 3.05) is 6.61 Å². The summed E-state index contributed by atoms with van der Waals surface area (Å²) in [6.45, 7) is 3.31. The molecule has 1 aliphatic carbocycles. The molecule has 0 bridgehead atoms. The van der Waals surface area contributed by atoms with Gasteiger partial charge in [-0.2, -0.15) is 0 Å². The summed E-state index contributed by atoms with van der Waals surface area (Å²) in [5, 5.41) is 4.52. The molecule has 0 saturated heterocycles. The maximum absolute atomic E-state index is 12.0. The molecule has 1 heterocycles. The van der Waals surface area contributed by atoms with E-state index >= 15 is 0 Å². The number of halogens is 1. The Bertz CT molecular complexity index is 695. The number of H-pyrrole nitrogens is 1. The lowest BCUT2D eigenvalue weighted by molar-refractivity contribution is -0.0103. The van der Waals surface area contributed by atoms with E-state index in [0.29, 0.717) is 40.4 Å². The minimum atomic E-state index is -0.130. The Hall–Kier alpha value is -1.43. The second kappa shape index (κ2) is 6.13. The number of aromatic nitrogens is 2. The maximum atomic E-state index is 12.0. The van der Waals surface area contributed by atoms with Crippen LogP contribution >= 0.6 is 11.6 Å². The van der Waals surface area contributed by atoms with E-state index in [4.69, 9.17) is 16.3 Å². The summed E-state index contributed by atoms with van der Waals surface area (Å²) in [6, 6.07) is 5.53. The normalized spacial score (nSPS) is 21.4. The number of hydrogen-bond acceptors (Lipinski definition) is 4. The van der Waals surface area contributed by atoms with Crippen molar-refractivity contribution in [3.8, 4) is 0 Å². The molecular weight excluding hydrogens is 290 g/mol. The van der Waals surface area contributed by atoms with Crippen molar-refractivity contribution in [1.82, 2.24) is 15.3 Å². The molecule has 1 saturated carbocycles. The summed E-state index contributed by atoms with van der Waals surface area (Å²) in [7, 11) is 0. The van der Waals surface area contributed by atoms with Gasteiger partial charge >= 0.3 is 0 Å². The van der Waals surface area contributed by atoms with E-state index in [-0.39, 0.29) is 5.56 Å². The summed E-state index contributed by atoms with van der Waals surface area (Å²) < 4.78 is 5.52. The second-order valence-corrected chi connectivity index (χ2v) is 5.74. The second-order valence-electron chi connectivity index (χ2n) is 5.30. The number of nitrogens with zero attached hydrogens (tertiary/aromatic N) is 1. The molecule has 2 N–H and O–H groups in total. The van der Waals surface area contributed by atoms with E-state index < -0.39 is 0 Å². The number of nitrogens with one attached hydrogen (secondary N) is 2. The molecule has 1 aromatic carbocycles. The van der Waals surface area contributed by atoms with Gasteiger partial charge in [-0.25, -0.2) is 4.98 Å². The van der Waals surface area contributed by atoms with Crippen molar-refractivity contribution >= 4 is 22.5 Å². The monoisotopic (exact) mass is 307 g/mol. The SMILES string of the molecule is CCOC1CC(NCc2nc3cc(Cl)ccc3c(=O)[nH]2)C1. The summed E-state index contributed by atoms with van der Waals surface area (Å²) in [5.74, 6) is 0.634. The molecule has 2 aromatic rings. The quantitative estimate of drug-likeness (QED) is 0.889. The lowest BCUT2D eigenvalue weighted by Crippen LogP contribution is -2.45. The number of ether oxygens (including phenoxy) is 1. The van der Waals surface area contributed by atoms with Crippen molar-refractivity contribution < 1.29 is 4.74 Å². The van der Waals surface area contributed by atoms with Crippen LogP contribution in [0.3, 0.4) is 0 Å². The van der Waals surface area contributed by atoms with Crippen molar-refractivity contribution in [1.29, 1.82) is 0 Å². The van der Waals surface area contributed by atoms with Crippen LogP contribution in [0.5, 0.6) is 0 Å². The highest BCUT2D eigenvalue weighted by Gasteiger charge is 2.28. The van der Waals surface area contributed by atoms with E-state index in [1.54, 1.807) is 18.2 Å². The molecule has 0 unspecified atom stereocenters. The van der Waals surface area contributed by atoms with Crippen molar-refractivity contribution in [3.05, 3.63) is 39.4 Å². The van der Waals surface area contributed by atoms with Gasteiger partial charge in [0.1, 0.15) is 5.82 Å². The zero-order chi connectivity index (χ0) is 14.8. The Morgan fingerprint density at radius 3 is 3.05 bits per heavy atom. The number of hydrogen-bond donors (Lipinski definition) is 2. The number of aromatic amines is 1. The number of rotatable bonds is 5. The topological polar surface area (TPSA) is 67.0 Å². The highest BCUT2D eigenvalue weighted by molar-refractivity contribution is 6.31. The van der Waals surface area contributed by atoms with E-state index in [1.165, 1.54) is 0 Å². The largest absolute Gasteiger partial charge is 0.378 e. The third-order valence-electron chi connectivity index (χ3n) is 3.77. The first kappa shape index (κ1) is 14.5. The van der Waals surface area contributed by atoms with Gasteiger partial charge in [-0.15, -0.1) is 0 Å². The van der Waals surface area contributed by atoms with Crippen LogP contribution in [-0.2, 0) is 11.3 Å². The number of fused-ring (bicyclic) bond motifs is 1. The minimum Gasteiger partial charge on any atom is -0.378 e. The first-order valence-corrected chi connectivity index (χ1v) is 7.57. The summed E-state index contributed by atoms with van der Waals surface area (Å²) >= 11 is 5.95. The van der Waals surface area contributed by atoms with Gasteiger partial charge in [-0.3, -0.25) is 4.79 Å². The summed E-state index contributed by atoms with van der Waals surface area (Å²) in [6.07, 6.45) is 2.39. The molecule has 5 nitrogen and oxygen atoms in total. The standard InChI is InChI=1S/C15H18ClN3O2/c1-2-21-11-6-10(7-11)17-8-14-18-13-5-9(16)3-4-12(13)15(20)19-14/h3-5,10-11,17H,2,6-8H2,1H3,(H,18,19,20). The van der Waals surface area contributed by atoms with Gasteiger partial charge in [0.15, 0.2) is 0 Å². The Balaban J connectivity index is 1.66. The summed E-state index contributed by atoms with van der Waals surface area (Å²) in [4.78, 5) is 19.2. The molecule has 0 radical (unpaired) electrons. The molecule has 0 spiro atoms. The van der Waals surface area contributed by atoms with Crippen LogP contribution in [0.2, 0.25) is 5.02 Å². The van der Waals surface area contributed by atoms with Gasteiger partial charge in [0.2, 0.25) is 0 Å². The first-order valence-electron chi connectivity index (χ1n) is 7.19. The molecule has 1 aliphatic rings. The Labute approximate surface area is 127 Å². The van der Waals surface area contributed by atoms with Crippen LogP contribution in [0.25, 0.3) is 10.9 Å². The van der Waals surface area contributed by atoms with Crippen molar-refractivity contribution in [2.24, 2.45) is 0 Å². The van der Waals surface area contributed by atoms with E-state index in [0.717, 1.165) is 19.4 Å². The fraction of sp³-hybridized carbons (Fsp3) is 0.467. The highest BCUT2D eigenvalue weighted by Crippen LogP contribution is 2.23. The fourth-order valence-electron chi connectivity index (χ4n) is 2.59. The van der Waals surface area contributed by atoms with Gasteiger partial charge in [0.05, 0.1) is 23.6 Å². The molecule has 21 heavy (non-hydrogen) atoms. The molecule has 1 fully saturated rings. The predicted octanol–water partition coefficient (Wildman–Crippen LogP) is 2.23. The summed E-state index contributed by atoms with van der Waals surface area (Å²) in [5.41, 5.74) is 0.498. The van der Waals surface area contributed by atoms with Crippen molar-refractivity contribution in [3.63, 3.8) is 0 Å². The third-order valence-corrected chi connectivity index (χ3v) is 4.01. The highest BCUT2D eigenvalue weighted by atomic mass is 35.5. The van der Waals surface area contributed by atoms with Crippen LogP contribution in [-0.4, -0.2) is 28.7 Å². The van der Waals surface area contributed by atoms with Gasteiger partial charge < -0.3 is 15.0 Å². The van der Waals surface area contributed by atoms with E-state index in [9.17, 15) is 4.79 Å². The molecule has 3 rings (SSSR count). The Morgan fingerprint density at radius 1 is 1.48 bits per heavy atom. The molecule has 0 atom stereocenters. The zero-order valence-electron chi connectivity index (χ0n) is 11.9. The number of benzene rings is 1. The molecular formula is C15H18ClN3O2. The van der Waals surface area contributed by atoms with Gasteiger partial charge in [-0.1, -0.05) is 11.6 Å². The molecule has 1 aromatic heterocycles. The molecule has 6 heteroatoms. The van der Waals surface area contributed by atoms with Gasteiger partial charge in [0, 0.05) is 17.7 Å². The van der Waals surface area contributed by atoms with Crippen LogP contribution in [0.4, 0.5) is 0 Å². The van der Waals surface area contributed by atoms with Gasteiger partial charge in [-0.05, 0) is 38.0 Å². The molecule has 112 valence electrons. The van der Waals surface area contributed by atoms with Crippen LogP contribution in [0.1, 0.15) is 25.6 Å². The predicted molar refractivity (Wildman–Crippen MR) is 82.6 cm³/mol. The smallest absolute Gasteiger partial charge is 0.258 e. The molecule has 0 amide bonds. The van der Waals surface area contributed by atoms with Crippen molar-refractivity contribution in [2.45, 2.75) is 38.5 Å². The maximum Gasteiger partial charge on any atom is 0.258 e. The first-order chi connectivity index (χ1) is 10.2. The zero-order valence-corrected chi connectivity index (χ0v) is 12.6. The van der Waals surface area contributed by atoms with Crippen LogP contribution in [0.15, 0.2) is 23.0 Å². The average molecular weight is 308 g/mol. The van der Waals surface area contributed by atoms with Crippen LogP contribution in [0, 0.1) is 0 Å². The minimum absolute atomic E-state index is 0.130. The third kappa shape index (κ3) is 3.26. The Kier molecular flexibility index (Phi) is 4.24. The Morgan fingerprint density at radius 2 is 2.29 bits per heavy atom. The van der Waals surface area contributed by atoms with Gasteiger partial charge in [0.25, 0.3) is 5.56 Å². The lowest BCUT2D eigenvalue weighted by atomic mass is 9.89. The molecule has 0 aliphatic heterocycles. The van der Waals surface area contributed by atoms with E-state index in [2.05, 4.69) is 15.3 Å². The van der Waals surface area contributed by atoms with E-state index in [1.807, 2.05) is 6.92 Å². The lowest BCUT2D eigenvalue weighted by Gasteiger charge is -2.35.